The van der Waals surface area contributed by atoms with Gasteiger partial charge < -0.3 is 10.0 Å². The zero-order chi connectivity index (χ0) is 13.4. The summed E-state index contributed by atoms with van der Waals surface area (Å²) in [5, 5.41) is 11.9. The molecule has 1 aliphatic heterocycles. The molecule has 0 aromatic carbocycles. The van der Waals surface area contributed by atoms with Crippen LogP contribution >= 0.6 is 11.3 Å². The highest BCUT2D eigenvalue weighted by atomic mass is 32.1. The number of aromatic nitrogens is 1. The predicted octanol–water partition coefficient (Wildman–Crippen LogP) is 1.96. The highest BCUT2D eigenvalue weighted by molar-refractivity contribution is 7.10. The molecular weight excluding hydrogens is 264 g/mol. The molecule has 1 unspecified atom stereocenters. The number of hydrogen-bond acceptors (Lipinski definition) is 4. The summed E-state index contributed by atoms with van der Waals surface area (Å²) in [5.41, 5.74) is 0.484. The lowest BCUT2D eigenvalue weighted by atomic mass is 9.98. The molecule has 1 saturated heterocycles. The molecule has 2 aliphatic rings. The van der Waals surface area contributed by atoms with Crippen LogP contribution in [0.5, 0.6) is 0 Å². The monoisotopic (exact) mass is 280 g/mol. The van der Waals surface area contributed by atoms with Crippen LogP contribution in [0.3, 0.4) is 0 Å². The van der Waals surface area contributed by atoms with Crippen molar-refractivity contribution in [3.05, 3.63) is 16.1 Å². The molecule has 1 atom stereocenters. The van der Waals surface area contributed by atoms with Crippen LogP contribution in [0.15, 0.2) is 5.38 Å². The lowest BCUT2D eigenvalue weighted by Crippen LogP contribution is -2.42. The van der Waals surface area contributed by atoms with E-state index in [0.717, 1.165) is 11.4 Å². The van der Waals surface area contributed by atoms with Gasteiger partial charge in [-0.05, 0) is 25.7 Å². The Labute approximate surface area is 115 Å². The first-order valence-corrected chi connectivity index (χ1v) is 7.50. The summed E-state index contributed by atoms with van der Waals surface area (Å²) >= 11 is 1.54. The van der Waals surface area contributed by atoms with Gasteiger partial charge in [0.1, 0.15) is 5.69 Å². The van der Waals surface area contributed by atoms with Crippen molar-refractivity contribution in [2.24, 2.45) is 5.92 Å². The molecule has 1 amide bonds. The maximum atomic E-state index is 12.3. The number of carboxylic acid groups (broad SMARTS) is 1. The van der Waals surface area contributed by atoms with Gasteiger partial charge >= 0.3 is 5.97 Å². The van der Waals surface area contributed by atoms with E-state index in [4.69, 9.17) is 5.11 Å². The number of carboxylic acids is 1. The first kappa shape index (κ1) is 12.6. The lowest BCUT2D eigenvalue weighted by Gasteiger charge is -2.30. The molecule has 1 saturated carbocycles. The molecule has 6 heteroatoms. The summed E-state index contributed by atoms with van der Waals surface area (Å²) in [6, 6.07) is 0. The van der Waals surface area contributed by atoms with Crippen molar-refractivity contribution in [2.75, 3.05) is 13.1 Å². The van der Waals surface area contributed by atoms with Gasteiger partial charge in [0.2, 0.25) is 0 Å². The summed E-state index contributed by atoms with van der Waals surface area (Å²) in [6.07, 6.45) is 3.75. The van der Waals surface area contributed by atoms with Crippen molar-refractivity contribution in [3.8, 4) is 0 Å². The molecule has 1 aromatic heterocycles. The van der Waals surface area contributed by atoms with Crippen molar-refractivity contribution in [3.63, 3.8) is 0 Å². The zero-order valence-electron chi connectivity index (χ0n) is 10.5. The van der Waals surface area contributed by atoms with Gasteiger partial charge in [0.15, 0.2) is 0 Å². The van der Waals surface area contributed by atoms with Gasteiger partial charge in [0.25, 0.3) is 5.91 Å². The van der Waals surface area contributed by atoms with Crippen LogP contribution in [0.1, 0.15) is 47.1 Å². The van der Waals surface area contributed by atoms with Crippen LogP contribution in [0.25, 0.3) is 0 Å². The topological polar surface area (TPSA) is 70.5 Å². The molecule has 3 rings (SSSR count). The average Bonchev–Trinajstić information content (AvgIpc) is 3.16. The summed E-state index contributed by atoms with van der Waals surface area (Å²) < 4.78 is 0. The van der Waals surface area contributed by atoms with Crippen LogP contribution in [-0.4, -0.2) is 40.0 Å². The quantitative estimate of drug-likeness (QED) is 0.918. The van der Waals surface area contributed by atoms with Gasteiger partial charge in [0.05, 0.1) is 10.9 Å². The smallest absolute Gasteiger partial charge is 0.308 e. The Morgan fingerprint density at radius 1 is 1.37 bits per heavy atom. The first-order chi connectivity index (χ1) is 9.15. The van der Waals surface area contributed by atoms with E-state index in [1.807, 2.05) is 0 Å². The number of carbonyl (C=O) groups is 2. The average molecular weight is 280 g/mol. The van der Waals surface area contributed by atoms with Gasteiger partial charge in [-0.15, -0.1) is 11.3 Å². The third-order valence-corrected chi connectivity index (χ3v) is 4.73. The fraction of sp³-hybridized carbons (Fsp3) is 0.615. The number of piperidine rings is 1. The fourth-order valence-electron chi connectivity index (χ4n) is 2.43. The second-order valence-electron chi connectivity index (χ2n) is 5.27. The third kappa shape index (κ3) is 2.63. The van der Waals surface area contributed by atoms with E-state index in [1.165, 1.54) is 12.8 Å². The summed E-state index contributed by atoms with van der Waals surface area (Å²) in [6.45, 7) is 0.948. The van der Waals surface area contributed by atoms with Gasteiger partial charge in [0, 0.05) is 24.4 Å². The number of likely N-dealkylation sites (tertiary alicyclic amines) is 1. The Kier molecular flexibility index (Phi) is 3.26. The predicted molar refractivity (Wildman–Crippen MR) is 70.4 cm³/mol. The van der Waals surface area contributed by atoms with Crippen LogP contribution < -0.4 is 0 Å². The second kappa shape index (κ2) is 4.92. The van der Waals surface area contributed by atoms with E-state index >= 15 is 0 Å². The Morgan fingerprint density at radius 2 is 2.16 bits per heavy atom. The molecular formula is C13H16N2O3S. The van der Waals surface area contributed by atoms with Crippen molar-refractivity contribution >= 4 is 23.2 Å². The number of rotatable bonds is 3. The number of nitrogens with zero attached hydrogens (tertiary/aromatic N) is 2. The van der Waals surface area contributed by atoms with Gasteiger partial charge in [-0.2, -0.15) is 0 Å². The molecule has 102 valence electrons. The molecule has 19 heavy (non-hydrogen) atoms. The number of carbonyl (C=O) groups excluding carboxylic acids is 1. The van der Waals surface area contributed by atoms with E-state index in [9.17, 15) is 9.59 Å². The van der Waals surface area contributed by atoms with Crippen LogP contribution in [0.4, 0.5) is 0 Å². The van der Waals surface area contributed by atoms with Crippen LogP contribution in [-0.2, 0) is 4.79 Å². The number of aliphatic carboxylic acids is 1. The molecule has 0 spiro atoms. The highest BCUT2D eigenvalue weighted by Gasteiger charge is 2.31. The van der Waals surface area contributed by atoms with Gasteiger partial charge in [-0.1, -0.05) is 0 Å². The lowest BCUT2D eigenvalue weighted by molar-refractivity contribution is -0.143. The van der Waals surface area contributed by atoms with Crippen molar-refractivity contribution < 1.29 is 14.7 Å². The molecule has 0 bridgehead atoms. The zero-order valence-corrected chi connectivity index (χ0v) is 11.4. The number of thiazole rings is 1. The molecule has 5 nitrogen and oxygen atoms in total. The van der Waals surface area contributed by atoms with E-state index < -0.39 is 11.9 Å². The first-order valence-electron chi connectivity index (χ1n) is 6.62. The Morgan fingerprint density at radius 3 is 2.84 bits per heavy atom. The minimum atomic E-state index is -0.811. The van der Waals surface area contributed by atoms with E-state index in [1.54, 1.807) is 21.6 Å². The molecule has 0 radical (unpaired) electrons. The van der Waals surface area contributed by atoms with Crippen molar-refractivity contribution in [2.45, 2.75) is 31.6 Å². The maximum absolute atomic E-state index is 12.3. The maximum Gasteiger partial charge on any atom is 0.308 e. The molecule has 1 N–H and O–H groups in total. The Bertz CT molecular complexity index is 510. The largest absolute Gasteiger partial charge is 0.481 e. The van der Waals surface area contributed by atoms with Gasteiger partial charge in [-0.25, -0.2) is 4.98 Å². The summed E-state index contributed by atoms with van der Waals surface area (Å²) in [5.74, 6) is -0.803. The normalized spacial score (nSPS) is 23.4. The van der Waals surface area contributed by atoms with E-state index in [0.29, 0.717) is 31.1 Å². The standard InChI is InChI=1S/C13H16N2O3S/c16-12(10-7-19-11(14-10)8-3-4-8)15-5-1-2-9(6-15)13(17)18/h7-9H,1-6H2,(H,17,18). The van der Waals surface area contributed by atoms with Crippen molar-refractivity contribution in [1.29, 1.82) is 0 Å². The molecule has 1 aromatic rings. The summed E-state index contributed by atoms with van der Waals surface area (Å²) in [4.78, 5) is 29.3. The highest BCUT2D eigenvalue weighted by Crippen LogP contribution is 2.41. The van der Waals surface area contributed by atoms with Crippen LogP contribution in [0, 0.1) is 5.92 Å². The SMILES string of the molecule is O=C(O)C1CCCN(C(=O)c2csc(C3CC3)n2)C1. The third-order valence-electron chi connectivity index (χ3n) is 3.73. The molecule has 1 aliphatic carbocycles. The molecule has 2 fully saturated rings. The molecule has 2 heterocycles. The fourth-order valence-corrected chi connectivity index (χ4v) is 3.39. The van der Waals surface area contributed by atoms with Crippen LogP contribution in [0.2, 0.25) is 0 Å². The number of hydrogen-bond donors (Lipinski definition) is 1. The van der Waals surface area contributed by atoms with Crippen molar-refractivity contribution in [1.82, 2.24) is 9.88 Å². The van der Waals surface area contributed by atoms with E-state index in [2.05, 4.69) is 4.98 Å². The van der Waals surface area contributed by atoms with Gasteiger partial charge in [-0.3, -0.25) is 9.59 Å². The number of amides is 1. The second-order valence-corrected chi connectivity index (χ2v) is 6.16. The van der Waals surface area contributed by atoms with E-state index in [-0.39, 0.29) is 5.91 Å². The Hall–Kier alpha value is -1.43. The minimum Gasteiger partial charge on any atom is -0.481 e. The Balaban J connectivity index is 1.69. The minimum absolute atomic E-state index is 0.117. The summed E-state index contributed by atoms with van der Waals surface area (Å²) in [7, 11) is 0.